The van der Waals surface area contributed by atoms with Crippen molar-refractivity contribution in [1.29, 1.82) is 0 Å². The van der Waals surface area contributed by atoms with Gasteiger partial charge in [-0.05, 0) is 40.6 Å². The first-order chi connectivity index (χ1) is 17.4. The molecule has 0 radical (unpaired) electrons. The maximum atomic E-state index is 5.84. The van der Waals surface area contributed by atoms with Crippen molar-refractivity contribution < 1.29 is 9.18 Å². The minimum atomic E-state index is 0.640. The highest BCUT2D eigenvalue weighted by atomic mass is 35.5. The third-order valence-electron chi connectivity index (χ3n) is 5.96. The summed E-state index contributed by atoms with van der Waals surface area (Å²) in [6.45, 7) is 6.83. The number of halogens is 2. The molecule has 1 heterocycles. The molecule has 36 heavy (non-hydrogen) atoms. The number of quaternary nitrogens is 1. The van der Waals surface area contributed by atoms with E-state index in [1.54, 1.807) is 10.8 Å². The van der Waals surface area contributed by atoms with E-state index in [0.717, 1.165) is 80.3 Å². The Morgan fingerprint density at radius 1 is 1.06 bits per heavy atom. The molecule has 0 saturated heterocycles. The second-order valence-electron chi connectivity index (χ2n) is 9.50. The number of alkyl halides is 1. The van der Waals surface area contributed by atoms with Gasteiger partial charge in [0.25, 0.3) is 0 Å². The number of pyridine rings is 1. The summed E-state index contributed by atoms with van der Waals surface area (Å²) in [5.74, 6) is 1.69. The highest BCUT2D eigenvalue weighted by Gasteiger charge is 2.16. The van der Waals surface area contributed by atoms with Gasteiger partial charge >= 0.3 is 0 Å². The van der Waals surface area contributed by atoms with Gasteiger partial charge in [-0.1, -0.05) is 29.0 Å². The lowest BCUT2D eigenvalue weighted by atomic mass is 10.2. The molecule has 200 valence electrons. The van der Waals surface area contributed by atoms with Gasteiger partial charge in [-0.25, -0.2) is 4.98 Å². The summed E-state index contributed by atoms with van der Waals surface area (Å²) in [4.78, 5) is 6.51. The van der Waals surface area contributed by atoms with Gasteiger partial charge in [0.15, 0.2) is 13.1 Å². The van der Waals surface area contributed by atoms with E-state index in [1.807, 2.05) is 39.9 Å². The van der Waals surface area contributed by atoms with E-state index in [9.17, 15) is 0 Å². The number of benzene rings is 1. The molecule has 0 bridgehead atoms. The van der Waals surface area contributed by atoms with Crippen LogP contribution in [0.15, 0.2) is 58.3 Å². The Kier molecular flexibility index (Phi) is 15.8. The monoisotopic (exact) mass is 572 g/mol. The third kappa shape index (κ3) is 13.5. The summed E-state index contributed by atoms with van der Waals surface area (Å²) in [5, 5.41) is 4.64. The molecule has 6 nitrogen and oxygen atoms in total. The standard InChI is InChI=1S/C26H42Cl2N6S2/c1-32(19-14-27)25-12-10-24(11-13-25)23-29-15-6-20-34(2,3)21-7-17-33(31-28)18-8-22-35-36-26-9-4-5-16-30-26/h4-5,9-13,16,29H,6-8,14-15,17-23H2,1-3H3/q+2. The number of anilines is 1. The van der Waals surface area contributed by atoms with Gasteiger partial charge in [0.05, 0.1) is 38.2 Å². The predicted octanol–water partition coefficient (Wildman–Crippen LogP) is 6.15. The Balaban J connectivity index is 1.53. The molecule has 0 spiro atoms. The molecule has 0 fully saturated rings. The van der Waals surface area contributed by atoms with Gasteiger partial charge in [-0.3, -0.25) is 0 Å². The molecular weight excluding hydrogens is 531 g/mol. The normalized spacial score (nSPS) is 12.2. The van der Waals surface area contributed by atoms with Gasteiger partial charge in [-0.15, -0.1) is 16.3 Å². The molecule has 0 amide bonds. The number of rotatable bonds is 19. The molecule has 0 aliphatic heterocycles. The largest absolute Gasteiger partial charge is 0.373 e. The van der Waals surface area contributed by atoms with E-state index in [-0.39, 0.29) is 0 Å². The molecule has 0 unspecified atom stereocenters. The van der Waals surface area contributed by atoms with Crippen LogP contribution in [0.3, 0.4) is 0 Å². The van der Waals surface area contributed by atoms with E-state index in [1.165, 1.54) is 11.3 Å². The number of hydrogen-bond donors (Lipinski definition) is 1. The van der Waals surface area contributed by atoms with E-state index >= 15 is 0 Å². The van der Waals surface area contributed by atoms with Gasteiger partial charge in [0.2, 0.25) is 0 Å². The first kappa shape index (κ1) is 31.2. The smallest absolute Gasteiger partial charge is 0.175 e. The highest BCUT2D eigenvalue weighted by molar-refractivity contribution is 8.76. The summed E-state index contributed by atoms with van der Waals surface area (Å²) in [7, 11) is 10.2. The first-order valence-corrected chi connectivity index (χ1v) is 15.8. The van der Waals surface area contributed by atoms with Crippen molar-refractivity contribution in [3.05, 3.63) is 54.2 Å². The number of hydrogen-bond acceptors (Lipinski definition) is 6. The molecule has 2 rings (SSSR count). The van der Waals surface area contributed by atoms with Crippen LogP contribution in [0.1, 0.15) is 24.8 Å². The van der Waals surface area contributed by atoms with Crippen molar-refractivity contribution in [2.75, 3.05) is 76.9 Å². The Hall–Kier alpha value is -1.03. The zero-order valence-corrected chi connectivity index (χ0v) is 25.1. The number of nitrogens with one attached hydrogen (secondary N) is 1. The summed E-state index contributed by atoms with van der Waals surface area (Å²) in [5.41, 5.74) is 2.52. The van der Waals surface area contributed by atoms with Gasteiger partial charge < -0.3 is 14.7 Å². The Morgan fingerprint density at radius 3 is 2.50 bits per heavy atom. The topological polar surface area (TPSA) is 43.5 Å². The summed E-state index contributed by atoms with van der Waals surface area (Å²) < 4.78 is 6.96. The lowest BCUT2D eigenvalue weighted by Crippen LogP contribution is -2.42. The lowest BCUT2D eigenvalue weighted by molar-refractivity contribution is -0.891. The van der Waals surface area contributed by atoms with Crippen molar-refractivity contribution in [3.63, 3.8) is 0 Å². The minimum Gasteiger partial charge on any atom is -0.373 e. The Labute approximate surface area is 235 Å². The van der Waals surface area contributed by atoms with Gasteiger partial charge in [-0.2, -0.15) is 0 Å². The van der Waals surface area contributed by atoms with E-state index < -0.39 is 0 Å². The fraction of sp³-hybridized carbons (Fsp3) is 0.577. The average Bonchev–Trinajstić information content (AvgIpc) is 2.88. The van der Waals surface area contributed by atoms with Crippen LogP contribution >= 0.6 is 45.0 Å². The summed E-state index contributed by atoms with van der Waals surface area (Å²) in [6.07, 6.45) is 5.12. The highest BCUT2D eigenvalue weighted by Crippen LogP contribution is 2.29. The van der Waals surface area contributed by atoms with Crippen LogP contribution in [0.2, 0.25) is 0 Å². The van der Waals surface area contributed by atoms with Crippen LogP contribution in [0, 0.1) is 0 Å². The lowest BCUT2D eigenvalue weighted by Gasteiger charge is -2.29. The van der Waals surface area contributed by atoms with E-state index in [4.69, 9.17) is 23.4 Å². The van der Waals surface area contributed by atoms with Crippen molar-refractivity contribution in [2.45, 2.75) is 30.8 Å². The van der Waals surface area contributed by atoms with Crippen molar-refractivity contribution in [3.8, 4) is 0 Å². The van der Waals surface area contributed by atoms with E-state index in [2.05, 4.69) is 65.2 Å². The predicted molar refractivity (Wildman–Crippen MR) is 159 cm³/mol. The molecule has 1 N–H and O–H groups in total. The van der Waals surface area contributed by atoms with Crippen LogP contribution < -0.4 is 10.2 Å². The SMILES string of the molecule is CN(CCCl)c1ccc(CNCCC[N+](C)(C)CCC[N+](CCCSSc2ccccn2)=NCl)cc1. The maximum Gasteiger partial charge on any atom is 0.175 e. The van der Waals surface area contributed by atoms with Crippen molar-refractivity contribution >= 4 is 50.7 Å². The fourth-order valence-corrected chi connectivity index (χ4v) is 6.13. The van der Waals surface area contributed by atoms with Crippen LogP contribution in [0.4, 0.5) is 5.69 Å². The molecule has 10 heteroatoms. The van der Waals surface area contributed by atoms with Crippen LogP contribution in [-0.4, -0.2) is 86.2 Å². The Morgan fingerprint density at radius 2 is 1.81 bits per heavy atom. The molecule has 2 aromatic rings. The molecule has 0 aliphatic carbocycles. The molecular formula is C26H42Cl2N6S2+2. The third-order valence-corrected chi connectivity index (χ3v) is 8.69. The second-order valence-corrected chi connectivity index (χ2v) is 12.5. The maximum absolute atomic E-state index is 5.84. The molecule has 1 aromatic carbocycles. The Bertz CT molecular complexity index is 868. The zero-order chi connectivity index (χ0) is 26.1. The fourth-order valence-electron chi connectivity index (χ4n) is 3.77. The molecule has 1 aromatic heterocycles. The summed E-state index contributed by atoms with van der Waals surface area (Å²) in [6, 6.07) is 14.7. The van der Waals surface area contributed by atoms with Crippen LogP contribution in [0.25, 0.3) is 0 Å². The van der Waals surface area contributed by atoms with Crippen LogP contribution in [-0.2, 0) is 6.54 Å². The molecule has 0 saturated carbocycles. The van der Waals surface area contributed by atoms with E-state index in [0.29, 0.717) is 5.88 Å². The van der Waals surface area contributed by atoms with Crippen molar-refractivity contribution in [1.82, 2.24) is 10.3 Å². The second kappa shape index (κ2) is 18.3. The van der Waals surface area contributed by atoms with Gasteiger partial charge in [0.1, 0.15) is 16.8 Å². The zero-order valence-electron chi connectivity index (χ0n) is 21.9. The summed E-state index contributed by atoms with van der Waals surface area (Å²) >= 11 is 11.7. The first-order valence-electron chi connectivity index (χ1n) is 12.6. The minimum absolute atomic E-state index is 0.640. The van der Waals surface area contributed by atoms with Crippen LogP contribution in [0.5, 0.6) is 0 Å². The molecule has 0 atom stereocenters. The van der Waals surface area contributed by atoms with Crippen molar-refractivity contribution in [2.24, 2.45) is 4.63 Å². The average molecular weight is 574 g/mol. The number of aromatic nitrogens is 1. The quantitative estimate of drug-likeness (QED) is 0.0545. The van der Waals surface area contributed by atoms with Gasteiger partial charge in [0, 0.05) is 63.0 Å². The molecule has 0 aliphatic rings. The number of nitrogens with zero attached hydrogens (tertiary/aromatic N) is 5.